The van der Waals surface area contributed by atoms with Gasteiger partial charge in [0.1, 0.15) is 5.75 Å². The predicted octanol–water partition coefficient (Wildman–Crippen LogP) is 3.00. The molecule has 2 heteroatoms. The van der Waals surface area contributed by atoms with Crippen molar-refractivity contribution in [2.24, 2.45) is 0 Å². The lowest BCUT2D eigenvalue weighted by atomic mass is 10.1. The van der Waals surface area contributed by atoms with Crippen molar-refractivity contribution in [2.75, 3.05) is 7.11 Å². The second-order valence-corrected chi connectivity index (χ2v) is 3.29. The number of rotatable bonds is 2. The third-order valence-corrected chi connectivity index (χ3v) is 2.21. The van der Waals surface area contributed by atoms with Crippen molar-refractivity contribution in [1.82, 2.24) is 4.98 Å². The van der Waals surface area contributed by atoms with Crippen LogP contribution in [0, 0.1) is 6.92 Å². The minimum absolute atomic E-state index is 0.884. The molecule has 2 rings (SSSR count). The third kappa shape index (κ3) is 1.64. The van der Waals surface area contributed by atoms with Gasteiger partial charge in [-0.15, -0.1) is 0 Å². The zero-order chi connectivity index (χ0) is 9.97. The Labute approximate surface area is 83.5 Å². The van der Waals surface area contributed by atoms with E-state index in [0.29, 0.717) is 0 Å². The Morgan fingerprint density at radius 2 is 2.00 bits per heavy atom. The number of aromatic amines is 1. The summed E-state index contributed by atoms with van der Waals surface area (Å²) in [6.07, 6.45) is 0. The molecule has 0 unspecified atom stereocenters. The molecule has 1 aromatic carbocycles. The van der Waals surface area contributed by atoms with Gasteiger partial charge in [-0.1, -0.05) is 12.1 Å². The summed E-state index contributed by atoms with van der Waals surface area (Å²) >= 11 is 0. The van der Waals surface area contributed by atoms with E-state index in [4.69, 9.17) is 4.74 Å². The lowest BCUT2D eigenvalue weighted by Crippen LogP contribution is -1.83. The van der Waals surface area contributed by atoms with Gasteiger partial charge in [-0.2, -0.15) is 0 Å². The van der Waals surface area contributed by atoms with E-state index in [1.54, 1.807) is 7.11 Å². The fraction of sp³-hybridized carbons (Fsp3) is 0.167. The molecule has 0 bridgehead atoms. The number of H-pyrrole nitrogens is 1. The molecule has 0 spiro atoms. The molecule has 72 valence electrons. The highest BCUT2D eigenvalue weighted by molar-refractivity contribution is 5.61. The highest BCUT2D eigenvalue weighted by atomic mass is 16.5. The summed E-state index contributed by atoms with van der Waals surface area (Å²) in [7, 11) is 1.68. The largest absolute Gasteiger partial charge is 0.497 e. The zero-order valence-electron chi connectivity index (χ0n) is 8.37. The first-order valence-corrected chi connectivity index (χ1v) is 4.59. The Morgan fingerprint density at radius 3 is 2.64 bits per heavy atom. The van der Waals surface area contributed by atoms with Crippen LogP contribution < -0.4 is 4.74 Å². The van der Waals surface area contributed by atoms with Crippen LogP contribution in [0.5, 0.6) is 5.75 Å². The third-order valence-electron chi connectivity index (χ3n) is 2.21. The van der Waals surface area contributed by atoms with Gasteiger partial charge in [-0.25, -0.2) is 0 Å². The van der Waals surface area contributed by atoms with E-state index >= 15 is 0 Å². The van der Waals surface area contributed by atoms with Crippen molar-refractivity contribution in [1.29, 1.82) is 0 Å². The van der Waals surface area contributed by atoms with Gasteiger partial charge in [-0.05, 0) is 31.2 Å². The predicted molar refractivity (Wildman–Crippen MR) is 57.5 cm³/mol. The molecular formula is C12H13NO. The zero-order valence-corrected chi connectivity index (χ0v) is 8.37. The first kappa shape index (κ1) is 8.88. The topological polar surface area (TPSA) is 25.0 Å². The van der Waals surface area contributed by atoms with Crippen LogP contribution in [0.4, 0.5) is 0 Å². The van der Waals surface area contributed by atoms with Gasteiger partial charge in [0.25, 0.3) is 0 Å². The summed E-state index contributed by atoms with van der Waals surface area (Å²) < 4.78 is 5.17. The molecule has 0 aliphatic rings. The summed E-state index contributed by atoms with van der Waals surface area (Å²) in [5, 5.41) is 0. The molecular weight excluding hydrogens is 174 g/mol. The van der Waals surface area contributed by atoms with Crippen molar-refractivity contribution < 1.29 is 4.74 Å². The molecule has 2 aromatic rings. The van der Waals surface area contributed by atoms with E-state index in [1.807, 2.05) is 25.1 Å². The Morgan fingerprint density at radius 1 is 1.14 bits per heavy atom. The normalized spacial score (nSPS) is 10.1. The molecule has 2 nitrogen and oxygen atoms in total. The summed E-state index contributed by atoms with van der Waals surface area (Å²) in [4.78, 5) is 3.29. The number of hydrogen-bond acceptors (Lipinski definition) is 1. The molecule has 0 atom stereocenters. The lowest BCUT2D eigenvalue weighted by molar-refractivity contribution is 0.415. The Kier molecular flexibility index (Phi) is 2.27. The van der Waals surface area contributed by atoms with Crippen molar-refractivity contribution in [3.05, 3.63) is 42.1 Å². The Balaban J connectivity index is 2.41. The van der Waals surface area contributed by atoms with Crippen LogP contribution in [0.15, 0.2) is 36.4 Å². The van der Waals surface area contributed by atoms with Crippen LogP contribution in [-0.4, -0.2) is 12.1 Å². The van der Waals surface area contributed by atoms with Gasteiger partial charge in [0.2, 0.25) is 0 Å². The number of methoxy groups -OCH3 is 1. The fourth-order valence-corrected chi connectivity index (χ4v) is 1.46. The van der Waals surface area contributed by atoms with Gasteiger partial charge in [0, 0.05) is 17.0 Å². The van der Waals surface area contributed by atoms with E-state index < -0.39 is 0 Å². The van der Waals surface area contributed by atoms with Crippen LogP contribution in [0.1, 0.15) is 5.69 Å². The molecule has 1 heterocycles. The average Bonchev–Trinajstić information content (AvgIpc) is 2.65. The van der Waals surface area contributed by atoms with E-state index in [2.05, 4.69) is 23.2 Å². The van der Waals surface area contributed by atoms with Crippen LogP contribution in [-0.2, 0) is 0 Å². The van der Waals surface area contributed by atoms with Gasteiger partial charge in [0.05, 0.1) is 7.11 Å². The standard InChI is InChI=1S/C12H13NO/c1-9-6-7-12(13-9)10-4-3-5-11(8-10)14-2/h3-8,13H,1-2H3. The molecule has 0 saturated carbocycles. The fourth-order valence-electron chi connectivity index (χ4n) is 1.46. The van der Waals surface area contributed by atoms with Crippen LogP contribution in [0.2, 0.25) is 0 Å². The lowest BCUT2D eigenvalue weighted by Gasteiger charge is -2.02. The van der Waals surface area contributed by atoms with Crippen LogP contribution >= 0.6 is 0 Å². The summed E-state index contributed by atoms with van der Waals surface area (Å²) in [6.45, 7) is 2.05. The molecule has 0 amide bonds. The molecule has 1 aromatic heterocycles. The number of ether oxygens (including phenoxy) is 1. The maximum atomic E-state index is 5.17. The Bertz CT molecular complexity index is 431. The quantitative estimate of drug-likeness (QED) is 0.768. The van der Waals surface area contributed by atoms with Crippen molar-refractivity contribution in [3.63, 3.8) is 0 Å². The highest BCUT2D eigenvalue weighted by Crippen LogP contribution is 2.22. The van der Waals surface area contributed by atoms with E-state index in [-0.39, 0.29) is 0 Å². The summed E-state index contributed by atoms with van der Waals surface area (Å²) in [5.74, 6) is 0.884. The number of aromatic nitrogens is 1. The SMILES string of the molecule is COc1cccc(-c2ccc(C)[nH]2)c1. The van der Waals surface area contributed by atoms with Gasteiger partial charge in [-0.3, -0.25) is 0 Å². The van der Waals surface area contributed by atoms with Gasteiger partial charge < -0.3 is 9.72 Å². The molecule has 0 saturated heterocycles. The number of benzene rings is 1. The second kappa shape index (κ2) is 3.58. The van der Waals surface area contributed by atoms with E-state index in [1.165, 1.54) is 5.69 Å². The average molecular weight is 187 g/mol. The first-order valence-electron chi connectivity index (χ1n) is 4.59. The summed E-state index contributed by atoms with van der Waals surface area (Å²) in [5.41, 5.74) is 3.45. The number of hydrogen-bond donors (Lipinski definition) is 1. The van der Waals surface area contributed by atoms with Crippen LogP contribution in [0.25, 0.3) is 11.3 Å². The molecule has 0 aliphatic heterocycles. The van der Waals surface area contributed by atoms with E-state index in [9.17, 15) is 0 Å². The van der Waals surface area contributed by atoms with Gasteiger partial charge >= 0.3 is 0 Å². The Hall–Kier alpha value is -1.70. The van der Waals surface area contributed by atoms with Crippen molar-refractivity contribution in [3.8, 4) is 17.0 Å². The van der Waals surface area contributed by atoms with E-state index in [0.717, 1.165) is 17.0 Å². The number of aryl methyl sites for hydroxylation is 1. The molecule has 1 N–H and O–H groups in total. The molecule has 14 heavy (non-hydrogen) atoms. The molecule has 0 radical (unpaired) electrons. The summed E-state index contributed by atoms with van der Waals surface area (Å²) in [6, 6.07) is 12.2. The monoisotopic (exact) mass is 187 g/mol. The minimum atomic E-state index is 0.884. The minimum Gasteiger partial charge on any atom is -0.497 e. The first-order chi connectivity index (χ1) is 6.79. The maximum Gasteiger partial charge on any atom is 0.119 e. The second-order valence-electron chi connectivity index (χ2n) is 3.29. The highest BCUT2D eigenvalue weighted by Gasteiger charge is 2.00. The van der Waals surface area contributed by atoms with Crippen LogP contribution in [0.3, 0.4) is 0 Å². The molecule has 0 fully saturated rings. The number of nitrogens with one attached hydrogen (secondary N) is 1. The van der Waals surface area contributed by atoms with Gasteiger partial charge in [0.15, 0.2) is 0 Å². The smallest absolute Gasteiger partial charge is 0.119 e. The van der Waals surface area contributed by atoms with Crippen molar-refractivity contribution in [2.45, 2.75) is 6.92 Å². The van der Waals surface area contributed by atoms with Crippen molar-refractivity contribution >= 4 is 0 Å². The molecule has 0 aliphatic carbocycles. The maximum absolute atomic E-state index is 5.17.